The quantitative estimate of drug-likeness (QED) is 0.851. The molecule has 136 valence electrons. The number of nitrogens with zero attached hydrogens (tertiary/aromatic N) is 2. The van der Waals surface area contributed by atoms with Crippen LogP contribution in [-0.4, -0.2) is 26.0 Å². The van der Waals surface area contributed by atoms with Crippen LogP contribution in [0.15, 0.2) is 18.2 Å². The molecule has 8 heteroatoms. The van der Waals surface area contributed by atoms with Crippen molar-refractivity contribution in [3.63, 3.8) is 0 Å². The molecule has 1 heterocycles. The minimum absolute atomic E-state index is 0.0467. The molecular weight excluding hydrogens is 334 g/mol. The van der Waals surface area contributed by atoms with Crippen LogP contribution in [0.3, 0.4) is 0 Å². The first-order chi connectivity index (χ1) is 11.6. The van der Waals surface area contributed by atoms with Gasteiger partial charge in [0.2, 0.25) is 5.88 Å². The molecule has 0 fully saturated rings. The van der Waals surface area contributed by atoms with E-state index in [1.165, 1.54) is 29.8 Å². The number of aromatic carboxylic acids is 1. The van der Waals surface area contributed by atoms with E-state index in [9.17, 15) is 23.8 Å². The topological polar surface area (TPSA) is 84.6 Å². The average Bonchev–Trinajstić information content (AvgIpc) is 2.84. The third-order valence-corrected chi connectivity index (χ3v) is 3.66. The van der Waals surface area contributed by atoms with Crippen molar-refractivity contribution in [1.29, 1.82) is 0 Å². The van der Waals surface area contributed by atoms with Crippen molar-refractivity contribution >= 4 is 5.97 Å². The predicted octanol–water partition coefficient (Wildman–Crippen LogP) is 3.87. The molecule has 1 aromatic heterocycles. The van der Waals surface area contributed by atoms with Crippen LogP contribution in [0.25, 0.3) is 0 Å². The van der Waals surface area contributed by atoms with Crippen molar-refractivity contribution in [2.75, 3.05) is 0 Å². The summed E-state index contributed by atoms with van der Waals surface area (Å²) in [7, 11) is 0. The number of aromatic nitrogens is 2. The number of aliphatic hydroxyl groups is 1. The molecule has 25 heavy (non-hydrogen) atoms. The lowest BCUT2D eigenvalue weighted by Gasteiger charge is -2.23. The Labute approximate surface area is 143 Å². The highest BCUT2D eigenvalue weighted by Gasteiger charge is 2.29. The highest BCUT2D eigenvalue weighted by molar-refractivity contribution is 5.87. The minimum Gasteiger partial charge on any atom is -0.476 e. The number of halogens is 2. The molecule has 0 radical (unpaired) electrons. The van der Waals surface area contributed by atoms with Gasteiger partial charge in [0.05, 0.1) is 17.7 Å². The molecule has 6 nitrogen and oxygen atoms in total. The number of hydrogen-bond acceptors (Lipinski definition) is 4. The number of rotatable bonds is 5. The Balaban J connectivity index is 2.64. The Morgan fingerprint density at radius 3 is 2.48 bits per heavy atom. The monoisotopic (exact) mass is 354 g/mol. The summed E-state index contributed by atoms with van der Waals surface area (Å²) in [6.07, 6.45) is -2.86. The van der Waals surface area contributed by atoms with Gasteiger partial charge in [-0.1, -0.05) is 12.1 Å². The van der Waals surface area contributed by atoms with E-state index in [4.69, 9.17) is 4.74 Å². The number of benzene rings is 1. The third kappa shape index (κ3) is 3.63. The number of carboxylic acid groups (broad SMARTS) is 1. The first kappa shape index (κ1) is 18.9. The van der Waals surface area contributed by atoms with Gasteiger partial charge in [-0.05, 0) is 39.3 Å². The van der Waals surface area contributed by atoms with Crippen molar-refractivity contribution in [2.45, 2.75) is 46.3 Å². The normalized spacial score (nSPS) is 11.8. The number of ether oxygens (including phenoxy) is 1. The van der Waals surface area contributed by atoms with Crippen molar-refractivity contribution in [3.05, 3.63) is 40.6 Å². The van der Waals surface area contributed by atoms with Crippen LogP contribution in [0.2, 0.25) is 0 Å². The SMILES string of the molecule is Cc1c(C(=O)O)nn(C(C)(C)C)c1Oc1cccc(CO)c1C(F)F. The van der Waals surface area contributed by atoms with Gasteiger partial charge in [0.1, 0.15) is 5.75 Å². The lowest BCUT2D eigenvalue weighted by Crippen LogP contribution is -2.24. The molecule has 0 bridgehead atoms. The van der Waals surface area contributed by atoms with Gasteiger partial charge in [-0.15, -0.1) is 0 Å². The molecule has 0 aliphatic rings. The Kier molecular flexibility index (Phi) is 5.12. The summed E-state index contributed by atoms with van der Waals surface area (Å²) < 4.78 is 33.9. The van der Waals surface area contributed by atoms with Crippen LogP contribution in [0.5, 0.6) is 11.6 Å². The molecule has 2 N–H and O–H groups in total. The van der Waals surface area contributed by atoms with Crippen LogP contribution in [-0.2, 0) is 12.1 Å². The smallest absolute Gasteiger partial charge is 0.356 e. The third-order valence-electron chi connectivity index (χ3n) is 3.66. The molecule has 0 atom stereocenters. The second kappa shape index (κ2) is 6.79. The Morgan fingerprint density at radius 2 is 2.00 bits per heavy atom. The van der Waals surface area contributed by atoms with Gasteiger partial charge in [-0.3, -0.25) is 0 Å². The number of alkyl halides is 2. The average molecular weight is 354 g/mol. The molecule has 0 saturated carbocycles. The van der Waals surface area contributed by atoms with E-state index < -0.39 is 30.1 Å². The molecule has 0 saturated heterocycles. The van der Waals surface area contributed by atoms with Gasteiger partial charge in [-0.25, -0.2) is 18.3 Å². The molecule has 0 unspecified atom stereocenters. The summed E-state index contributed by atoms with van der Waals surface area (Å²) in [5.74, 6) is -1.31. The predicted molar refractivity (Wildman–Crippen MR) is 86.3 cm³/mol. The zero-order chi connectivity index (χ0) is 18.9. The highest BCUT2D eigenvalue weighted by Crippen LogP contribution is 2.38. The molecule has 0 aliphatic heterocycles. The maximum atomic E-state index is 13.4. The van der Waals surface area contributed by atoms with Crippen molar-refractivity contribution in [2.24, 2.45) is 0 Å². The second-order valence-electron chi connectivity index (χ2n) is 6.56. The van der Waals surface area contributed by atoms with E-state index in [0.717, 1.165) is 0 Å². The molecule has 0 amide bonds. The summed E-state index contributed by atoms with van der Waals surface area (Å²) in [5, 5.41) is 22.6. The van der Waals surface area contributed by atoms with Crippen LogP contribution in [0.1, 0.15) is 54.4 Å². The van der Waals surface area contributed by atoms with Crippen LogP contribution in [0, 0.1) is 6.92 Å². The van der Waals surface area contributed by atoms with Crippen LogP contribution in [0.4, 0.5) is 8.78 Å². The number of carbonyl (C=O) groups is 1. The summed E-state index contributed by atoms with van der Waals surface area (Å²) in [5.41, 5.74) is -0.986. The summed E-state index contributed by atoms with van der Waals surface area (Å²) in [4.78, 5) is 11.4. The first-order valence-electron chi connectivity index (χ1n) is 7.60. The fourth-order valence-corrected chi connectivity index (χ4v) is 2.43. The second-order valence-corrected chi connectivity index (χ2v) is 6.56. The van der Waals surface area contributed by atoms with Gasteiger partial charge in [0.15, 0.2) is 5.69 Å². The lowest BCUT2D eigenvalue weighted by atomic mass is 10.1. The van der Waals surface area contributed by atoms with Gasteiger partial charge in [0, 0.05) is 5.56 Å². The van der Waals surface area contributed by atoms with Crippen molar-refractivity contribution < 1.29 is 28.5 Å². The van der Waals surface area contributed by atoms with Crippen molar-refractivity contribution in [1.82, 2.24) is 9.78 Å². The first-order valence-corrected chi connectivity index (χ1v) is 7.60. The Bertz CT molecular complexity index is 795. The zero-order valence-electron chi connectivity index (χ0n) is 14.4. The number of hydrogen-bond donors (Lipinski definition) is 2. The molecule has 2 aromatic rings. The van der Waals surface area contributed by atoms with Crippen LogP contribution < -0.4 is 4.74 Å². The number of carboxylic acids is 1. The minimum atomic E-state index is -2.86. The highest BCUT2D eigenvalue weighted by atomic mass is 19.3. The molecule has 1 aromatic carbocycles. The maximum Gasteiger partial charge on any atom is 0.356 e. The zero-order valence-corrected chi connectivity index (χ0v) is 14.4. The van der Waals surface area contributed by atoms with Crippen LogP contribution >= 0.6 is 0 Å². The van der Waals surface area contributed by atoms with E-state index in [0.29, 0.717) is 0 Å². The fourth-order valence-electron chi connectivity index (χ4n) is 2.43. The van der Waals surface area contributed by atoms with Gasteiger partial charge in [0.25, 0.3) is 6.43 Å². The lowest BCUT2D eigenvalue weighted by molar-refractivity contribution is 0.0688. The van der Waals surface area contributed by atoms with Gasteiger partial charge < -0.3 is 14.9 Å². The van der Waals surface area contributed by atoms with Gasteiger partial charge in [-0.2, -0.15) is 5.10 Å². The maximum absolute atomic E-state index is 13.4. The molecular formula is C17H20F2N2O4. The largest absolute Gasteiger partial charge is 0.476 e. The summed E-state index contributed by atoms with van der Waals surface area (Å²) in [6, 6.07) is 4.21. The summed E-state index contributed by atoms with van der Waals surface area (Å²) >= 11 is 0. The van der Waals surface area contributed by atoms with Gasteiger partial charge >= 0.3 is 5.97 Å². The van der Waals surface area contributed by atoms with E-state index >= 15 is 0 Å². The van der Waals surface area contributed by atoms with Crippen molar-refractivity contribution in [3.8, 4) is 11.6 Å². The Morgan fingerprint density at radius 1 is 1.36 bits per heavy atom. The molecule has 0 aliphatic carbocycles. The van der Waals surface area contributed by atoms with E-state index in [1.54, 1.807) is 20.8 Å². The standard InChI is InChI=1S/C17H20F2N2O4/c1-9-13(16(23)24)20-21(17(2,3)4)15(9)25-11-7-5-6-10(8-22)12(11)14(18)19/h5-7,14,22H,8H2,1-4H3,(H,23,24). The van der Waals surface area contributed by atoms with E-state index in [2.05, 4.69) is 5.10 Å². The van der Waals surface area contributed by atoms with E-state index in [1.807, 2.05) is 0 Å². The number of aliphatic hydroxyl groups excluding tert-OH is 1. The van der Waals surface area contributed by atoms with E-state index in [-0.39, 0.29) is 28.5 Å². The summed E-state index contributed by atoms with van der Waals surface area (Å²) in [6.45, 7) is 6.31. The molecule has 0 spiro atoms. The fraction of sp³-hybridized carbons (Fsp3) is 0.412. The molecule has 2 rings (SSSR count). The Hall–Kier alpha value is -2.48.